The fourth-order valence-corrected chi connectivity index (χ4v) is 4.45. The molecule has 0 aromatic rings. The van der Waals surface area contributed by atoms with Gasteiger partial charge in [0.1, 0.15) is 0 Å². The number of rotatable bonds is 3. The minimum Gasteiger partial charge on any atom is -0.316 e. The van der Waals surface area contributed by atoms with Gasteiger partial charge in [-0.3, -0.25) is 0 Å². The summed E-state index contributed by atoms with van der Waals surface area (Å²) in [4.78, 5) is 2.74. The van der Waals surface area contributed by atoms with E-state index in [0.29, 0.717) is 11.5 Å². The molecular formula is C17H34N2. The molecule has 1 saturated carbocycles. The molecule has 2 heteroatoms. The van der Waals surface area contributed by atoms with E-state index in [4.69, 9.17) is 0 Å². The van der Waals surface area contributed by atoms with Crippen LogP contribution in [0.4, 0.5) is 0 Å². The third-order valence-corrected chi connectivity index (χ3v) is 5.93. The van der Waals surface area contributed by atoms with E-state index in [2.05, 4.69) is 45.0 Å². The minimum atomic E-state index is 0.465. The van der Waals surface area contributed by atoms with Crippen molar-refractivity contribution in [3.63, 3.8) is 0 Å². The van der Waals surface area contributed by atoms with Gasteiger partial charge in [0.25, 0.3) is 0 Å². The van der Waals surface area contributed by atoms with Crippen LogP contribution in [0.1, 0.15) is 53.4 Å². The van der Waals surface area contributed by atoms with Gasteiger partial charge in [-0.05, 0) is 56.0 Å². The summed E-state index contributed by atoms with van der Waals surface area (Å²) in [5.74, 6) is 2.63. The molecule has 4 unspecified atom stereocenters. The van der Waals surface area contributed by atoms with E-state index in [0.717, 1.165) is 17.8 Å². The summed E-state index contributed by atoms with van der Waals surface area (Å²) in [5.41, 5.74) is 0.465. The number of hydrogen-bond donors (Lipinski definition) is 1. The first-order chi connectivity index (χ1) is 8.94. The molecule has 4 atom stereocenters. The lowest BCUT2D eigenvalue weighted by atomic mass is 9.67. The average molecular weight is 266 g/mol. The third kappa shape index (κ3) is 3.52. The lowest BCUT2D eigenvalue weighted by molar-refractivity contribution is 0.0585. The van der Waals surface area contributed by atoms with Crippen molar-refractivity contribution in [2.45, 2.75) is 59.4 Å². The molecule has 112 valence electrons. The molecule has 19 heavy (non-hydrogen) atoms. The minimum absolute atomic E-state index is 0.465. The van der Waals surface area contributed by atoms with Crippen LogP contribution in [0.3, 0.4) is 0 Å². The van der Waals surface area contributed by atoms with Crippen molar-refractivity contribution in [1.82, 2.24) is 10.2 Å². The van der Waals surface area contributed by atoms with Crippen LogP contribution in [0.5, 0.6) is 0 Å². The second-order valence-electron chi connectivity index (χ2n) is 7.91. The predicted octanol–water partition coefficient (Wildman–Crippen LogP) is 3.38. The Labute approximate surface area is 120 Å². The van der Waals surface area contributed by atoms with E-state index >= 15 is 0 Å². The molecular weight excluding hydrogens is 232 g/mol. The molecule has 1 heterocycles. The Balaban J connectivity index is 1.94. The van der Waals surface area contributed by atoms with E-state index in [1.807, 2.05) is 0 Å². The van der Waals surface area contributed by atoms with Crippen molar-refractivity contribution in [1.29, 1.82) is 0 Å². The van der Waals surface area contributed by atoms with Crippen molar-refractivity contribution in [3.05, 3.63) is 0 Å². The Morgan fingerprint density at radius 2 is 1.89 bits per heavy atom. The van der Waals surface area contributed by atoms with E-state index in [1.54, 1.807) is 0 Å². The predicted molar refractivity (Wildman–Crippen MR) is 83.4 cm³/mol. The van der Waals surface area contributed by atoms with Gasteiger partial charge in [-0.1, -0.05) is 34.1 Å². The highest BCUT2D eigenvalue weighted by Crippen LogP contribution is 2.39. The van der Waals surface area contributed by atoms with Crippen molar-refractivity contribution in [2.24, 2.45) is 23.2 Å². The standard InChI is InChI=1S/C17H34N2/c1-13-8-10-19(11-14(13)2)12-15-7-6-9-17(3,4)16(15)18-5/h13-16,18H,6-12H2,1-5H3. The van der Waals surface area contributed by atoms with Gasteiger partial charge in [0.2, 0.25) is 0 Å². The molecule has 1 aliphatic carbocycles. The Hall–Kier alpha value is -0.0800. The van der Waals surface area contributed by atoms with E-state index in [1.165, 1.54) is 45.3 Å². The van der Waals surface area contributed by atoms with Crippen LogP contribution < -0.4 is 5.32 Å². The maximum absolute atomic E-state index is 3.63. The van der Waals surface area contributed by atoms with Gasteiger partial charge in [0.15, 0.2) is 0 Å². The highest BCUT2D eigenvalue weighted by atomic mass is 15.1. The van der Waals surface area contributed by atoms with Gasteiger partial charge < -0.3 is 10.2 Å². The zero-order valence-electron chi connectivity index (χ0n) is 13.7. The molecule has 1 aliphatic heterocycles. The van der Waals surface area contributed by atoms with Crippen LogP contribution in [0.15, 0.2) is 0 Å². The van der Waals surface area contributed by atoms with Crippen LogP contribution >= 0.6 is 0 Å². The smallest absolute Gasteiger partial charge is 0.0156 e. The summed E-state index contributed by atoms with van der Waals surface area (Å²) in [6, 6.07) is 0.691. The maximum Gasteiger partial charge on any atom is 0.0156 e. The zero-order valence-corrected chi connectivity index (χ0v) is 13.7. The monoisotopic (exact) mass is 266 g/mol. The molecule has 2 fully saturated rings. The second-order valence-corrected chi connectivity index (χ2v) is 7.91. The highest BCUT2D eigenvalue weighted by molar-refractivity contribution is 4.94. The molecule has 1 saturated heterocycles. The van der Waals surface area contributed by atoms with Gasteiger partial charge in [-0.25, -0.2) is 0 Å². The lowest BCUT2D eigenvalue weighted by Gasteiger charge is -2.46. The Kier molecular flexibility index (Phi) is 4.94. The molecule has 0 amide bonds. The Bertz CT molecular complexity index is 287. The van der Waals surface area contributed by atoms with Crippen LogP contribution in [0.2, 0.25) is 0 Å². The Morgan fingerprint density at radius 3 is 2.53 bits per heavy atom. The summed E-state index contributed by atoms with van der Waals surface area (Å²) >= 11 is 0. The van der Waals surface area contributed by atoms with E-state index in [-0.39, 0.29) is 0 Å². The summed E-state index contributed by atoms with van der Waals surface area (Å²) in [6.07, 6.45) is 5.59. The van der Waals surface area contributed by atoms with Gasteiger partial charge in [-0.15, -0.1) is 0 Å². The second kappa shape index (κ2) is 6.13. The molecule has 2 nitrogen and oxygen atoms in total. The van der Waals surface area contributed by atoms with Crippen LogP contribution in [-0.4, -0.2) is 37.6 Å². The first-order valence-corrected chi connectivity index (χ1v) is 8.33. The van der Waals surface area contributed by atoms with Crippen molar-refractivity contribution in [3.8, 4) is 0 Å². The van der Waals surface area contributed by atoms with Crippen molar-refractivity contribution < 1.29 is 0 Å². The molecule has 0 aromatic heterocycles. The SMILES string of the molecule is CNC1C(CN2CCC(C)C(C)C2)CCCC1(C)C. The third-order valence-electron chi connectivity index (χ3n) is 5.93. The van der Waals surface area contributed by atoms with Crippen LogP contribution in [0.25, 0.3) is 0 Å². The number of likely N-dealkylation sites (tertiary alicyclic amines) is 1. The number of nitrogens with zero attached hydrogens (tertiary/aromatic N) is 1. The average Bonchev–Trinajstić information content (AvgIpc) is 2.33. The van der Waals surface area contributed by atoms with Crippen LogP contribution in [0, 0.1) is 23.2 Å². The Morgan fingerprint density at radius 1 is 1.16 bits per heavy atom. The fourth-order valence-electron chi connectivity index (χ4n) is 4.45. The summed E-state index contributed by atoms with van der Waals surface area (Å²) in [6.45, 7) is 13.7. The van der Waals surface area contributed by atoms with Gasteiger partial charge in [-0.2, -0.15) is 0 Å². The van der Waals surface area contributed by atoms with E-state index in [9.17, 15) is 0 Å². The van der Waals surface area contributed by atoms with Crippen molar-refractivity contribution >= 4 is 0 Å². The molecule has 1 N–H and O–H groups in total. The largest absolute Gasteiger partial charge is 0.316 e. The number of nitrogens with one attached hydrogen (secondary N) is 1. The first kappa shape index (κ1) is 15.3. The van der Waals surface area contributed by atoms with Gasteiger partial charge in [0, 0.05) is 19.1 Å². The number of hydrogen-bond acceptors (Lipinski definition) is 2. The molecule has 0 bridgehead atoms. The highest BCUT2D eigenvalue weighted by Gasteiger charge is 2.39. The summed E-state index contributed by atoms with van der Waals surface area (Å²) < 4.78 is 0. The normalized spacial score (nSPS) is 40.3. The summed E-state index contributed by atoms with van der Waals surface area (Å²) in [5, 5.41) is 3.63. The van der Waals surface area contributed by atoms with Gasteiger partial charge in [0.05, 0.1) is 0 Å². The molecule has 2 aliphatic rings. The van der Waals surface area contributed by atoms with Gasteiger partial charge >= 0.3 is 0 Å². The summed E-state index contributed by atoms with van der Waals surface area (Å²) in [7, 11) is 2.16. The maximum atomic E-state index is 3.63. The number of piperidine rings is 1. The molecule has 0 aromatic carbocycles. The first-order valence-electron chi connectivity index (χ1n) is 8.33. The van der Waals surface area contributed by atoms with Crippen LogP contribution in [-0.2, 0) is 0 Å². The van der Waals surface area contributed by atoms with Crippen molar-refractivity contribution in [2.75, 3.05) is 26.7 Å². The molecule has 2 rings (SSSR count). The zero-order chi connectivity index (χ0) is 14.0. The fraction of sp³-hybridized carbons (Fsp3) is 1.00. The molecule has 0 spiro atoms. The quantitative estimate of drug-likeness (QED) is 0.842. The molecule has 0 radical (unpaired) electrons. The topological polar surface area (TPSA) is 15.3 Å². The lowest BCUT2D eigenvalue weighted by Crippen LogP contribution is -2.53. The van der Waals surface area contributed by atoms with E-state index < -0.39 is 0 Å².